The number of nitrogens with zero attached hydrogens (tertiary/aromatic N) is 3. The smallest absolute Gasteiger partial charge is 0.225 e. The number of rotatable bonds is 6. The summed E-state index contributed by atoms with van der Waals surface area (Å²) in [5.41, 5.74) is 10.0. The first-order valence-electron chi connectivity index (χ1n) is 10.3. The molecule has 3 heterocycles. The third kappa shape index (κ3) is 4.83. The summed E-state index contributed by atoms with van der Waals surface area (Å²) < 4.78 is 5.38. The molecule has 8 heteroatoms. The van der Waals surface area contributed by atoms with Gasteiger partial charge in [-0.3, -0.25) is 0 Å². The third-order valence-corrected chi connectivity index (χ3v) is 5.07. The Balaban J connectivity index is 0.00000117. The lowest BCUT2D eigenvalue weighted by atomic mass is 9.98. The second kappa shape index (κ2) is 10.2. The maximum atomic E-state index is 5.88. The van der Waals surface area contributed by atoms with Crippen molar-refractivity contribution in [1.82, 2.24) is 25.3 Å². The lowest BCUT2D eigenvalue weighted by molar-refractivity contribution is 0.389. The summed E-state index contributed by atoms with van der Waals surface area (Å²) in [5, 5.41) is 6.80. The summed E-state index contributed by atoms with van der Waals surface area (Å²) in [4.78, 5) is 16.8. The topological polar surface area (TPSA) is 114 Å². The Morgan fingerprint density at radius 2 is 2.00 bits per heavy atom. The number of hydrogen-bond donors (Lipinski definition) is 4. The lowest BCUT2D eigenvalue weighted by Gasteiger charge is -2.22. The van der Waals surface area contributed by atoms with Crippen LogP contribution < -0.4 is 21.1 Å². The number of nitrogens with one attached hydrogen (secondary N) is 3. The summed E-state index contributed by atoms with van der Waals surface area (Å²) in [6, 6.07) is 5.92. The molecule has 0 spiro atoms. The van der Waals surface area contributed by atoms with Crippen molar-refractivity contribution >= 4 is 17.1 Å². The van der Waals surface area contributed by atoms with Crippen molar-refractivity contribution in [3.63, 3.8) is 0 Å². The van der Waals surface area contributed by atoms with Crippen molar-refractivity contribution in [3.8, 4) is 17.0 Å². The number of imidazole rings is 1. The van der Waals surface area contributed by atoms with E-state index in [9.17, 15) is 0 Å². The molecule has 5 N–H and O–H groups in total. The average molecular weight is 398 g/mol. The molecule has 0 unspecified atom stereocenters. The summed E-state index contributed by atoms with van der Waals surface area (Å²) >= 11 is 0. The van der Waals surface area contributed by atoms with Crippen LogP contribution in [0.5, 0.6) is 5.75 Å². The molecule has 29 heavy (non-hydrogen) atoms. The molecule has 1 aromatic carbocycles. The second-order valence-corrected chi connectivity index (χ2v) is 6.80. The Hall–Kier alpha value is -2.71. The van der Waals surface area contributed by atoms with Crippen molar-refractivity contribution in [2.45, 2.75) is 33.2 Å². The van der Waals surface area contributed by atoms with E-state index in [0.29, 0.717) is 24.1 Å². The Kier molecular flexibility index (Phi) is 7.37. The molecule has 0 saturated carbocycles. The Bertz CT molecular complexity index is 919. The minimum atomic E-state index is 0.398. The molecule has 1 saturated heterocycles. The molecule has 0 atom stereocenters. The van der Waals surface area contributed by atoms with Gasteiger partial charge in [-0.15, -0.1) is 0 Å². The highest BCUT2D eigenvalue weighted by Gasteiger charge is 2.16. The van der Waals surface area contributed by atoms with Crippen LogP contribution in [0.1, 0.15) is 32.3 Å². The first-order chi connectivity index (χ1) is 14.3. The van der Waals surface area contributed by atoms with Crippen LogP contribution >= 0.6 is 0 Å². The third-order valence-electron chi connectivity index (χ3n) is 5.07. The number of ether oxygens (including phenoxy) is 1. The van der Waals surface area contributed by atoms with Crippen molar-refractivity contribution < 1.29 is 4.74 Å². The quantitative estimate of drug-likeness (QED) is 0.506. The zero-order valence-electron chi connectivity index (χ0n) is 17.5. The Labute approximate surface area is 171 Å². The molecule has 1 aliphatic heterocycles. The van der Waals surface area contributed by atoms with Crippen LogP contribution in [0.2, 0.25) is 0 Å². The number of H-pyrrole nitrogens is 1. The normalized spacial score (nSPS) is 14.3. The fourth-order valence-corrected chi connectivity index (χ4v) is 3.53. The van der Waals surface area contributed by atoms with E-state index < -0.39 is 0 Å². The number of methoxy groups -OCH3 is 1. The first kappa shape index (κ1) is 21.0. The standard InChI is InChI=1S/C19H25N7O.C2H6/c1-27-15-3-2-13(8-14(15)9-20)16-17-18(24-11-23-17)26-19(25-16)22-10-12-4-6-21-7-5-12;1-2/h2-3,8,11-12,21H,4-7,9-10,20H2,1H3,(H2,22,23,24,25,26);1-2H3. The van der Waals surface area contributed by atoms with E-state index in [2.05, 4.69) is 25.6 Å². The Morgan fingerprint density at radius 3 is 2.72 bits per heavy atom. The molecule has 8 nitrogen and oxygen atoms in total. The summed E-state index contributed by atoms with van der Waals surface area (Å²) in [5.74, 6) is 2.02. The molecule has 1 fully saturated rings. The highest BCUT2D eigenvalue weighted by Crippen LogP contribution is 2.29. The van der Waals surface area contributed by atoms with Crippen LogP contribution in [0.3, 0.4) is 0 Å². The average Bonchev–Trinajstić information content (AvgIpc) is 3.27. The maximum Gasteiger partial charge on any atom is 0.225 e. The van der Waals surface area contributed by atoms with Crippen LogP contribution in [-0.4, -0.2) is 46.7 Å². The Morgan fingerprint density at radius 1 is 1.21 bits per heavy atom. The summed E-state index contributed by atoms with van der Waals surface area (Å²) in [6.07, 6.45) is 3.98. The molecule has 156 valence electrons. The van der Waals surface area contributed by atoms with Gasteiger partial charge in [-0.1, -0.05) is 13.8 Å². The minimum absolute atomic E-state index is 0.398. The van der Waals surface area contributed by atoms with Gasteiger partial charge in [0.05, 0.1) is 13.4 Å². The van der Waals surface area contributed by atoms with E-state index >= 15 is 0 Å². The number of fused-ring (bicyclic) bond motifs is 1. The van der Waals surface area contributed by atoms with Crippen molar-refractivity contribution in [3.05, 3.63) is 30.1 Å². The minimum Gasteiger partial charge on any atom is -0.496 e. The highest BCUT2D eigenvalue weighted by molar-refractivity contribution is 5.88. The van der Waals surface area contributed by atoms with Gasteiger partial charge in [0, 0.05) is 24.2 Å². The fraction of sp³-hybridized carbons (Fsp3) is 0.476. The molecule has 0 bridgehead atoms. The highest BCUT2D eigenvalue weighted by atomic mass is 16.5. The van der Waals surface area contributed by atoms with Gasteiger partial charge in [-0.05, 0) is 50.0 Å². The predicted octanol–water partition coefficient (Wildman–Crippen LogP) is 2.92. The van der Waals surface area contributed by atoms with Crippen LogP contribution in [0.15, 0.2) is 24.5 Å². The zero-order chi connectivity index (χ0) is 20.6. The van der Waals surface area contributed by atoms with Gasteiger partial charge in [0.2, 0.25) is 5.95 Å². The van der Waals surface area contributed by atoms with E-state index in [1.807, 2.05) is 32.0 Å². The van der Waals surface area contributed by atoms with E-state index in [1.54, 1.807) is 13.4 Å². The molecule has 0 amide bonds. The van der Waals surface area contributed by atoms with E-state index in [1.165, 1.54) is 12.8 Å². The molecular formula is C21H31N7O. The van der Waals surface area contributed by atoms with E-state index in [0.717, 1.165) is 47.7 Å². The molecule has 1 aliphatic rings. The van der Waals surface area contributed by atoms with Gasteiger partial charge in [0.25, 0.3) is 0 Å². The van der Waals surface area contributed by atoms with Gasteiger partial charge in [0.1, 0.15) is 17.0 Å². The fourth-order valence-electron chi connectivity index (χ4n) is 3.53. The number of piperidine rings is 1. The molecule has 4 rings (SSSR count). The largest absolute Gasteiger partial charge is 0.496 e. The monoisotopic (exact) mass is 397 g/mol. The number of aromatic nitrogens is 4. The summed E-state index contributed by atoms with van der Waals surface area (Å²) in [6.45, 7) is 7.41. The number of hydrogen-bond acceptors (Lipinski definition) is 7. The molecule has 0 aliphatic carbocycles. The van der Waals surface area contributed by atoms with Crippen LogP contribution in [-0.2, 0) is 6.54 Å². The SMILES string of the molecule is CC.COc1ccc(-c2nc(NCC3CCNCC3)nc3nc[nH]c23)cc1CN. The van der Waals surface area contributed by atoms with Gasteiger partial charge >= 0.3 is 0 Å². The van der Waals surface area contributed by atoms with Gasteiger partial charge in [0.15, 0.2) is 5.65 Å². The zero-order valence-corrected chi connectivity index (χ0v) is 17.5. The van der Waals surface area contributed by atoms with Gasteiger partial charge in [-0.25, -0.2) is 9.97 Å². The maximum absolute atomic E-state index is 5.88. The van der Waals surface area contributed by atoms with Crippen molar-refractivity contribution in [1.29, 1.82) is 0 Å². The number of nitrogens with two attached hydrogens (primary N) is 1. The van der Waals surface area contributed by atoms with E-state index in [-0.39, 0.29) is 0 Å². The molecular weight excluding hydrogens is 366 g/mol. The van der Waals surface area contributed by atoms with Crippen LogP contribution in [0, 0.1) is 5.92 Å². The summed E-state index contributed by atoms with van der Waals surface area (Å²) in [7, 11) is 1.65. The number of anilines is 1. The van der Waals surface area contributed by atoms with Crippen LogP contribution in [0.4, 0.5) is 5.95 Å². The van der Waals surface area contributed by atoms with Crippen LogP contribution in [0.25, 0.3) is 22.4 Å². The number of aromatic amines is 1. The van der Waals surface area contributed by atoms with E-state index in [4.69, 9.17) is 15.5 Å². The molecule has 3 aromatic rings. The van der Waals surface area contributed by atoms with Crippen molar-refractivity contribution in [2.24, 2.45) is 11.7 Å². The molecule has 0 radical (unpaired) electrons. The van der Waals surface area contributed by atoms with Gasteiger partial charge in [-0.2, -0.15) is 4.98 Å². The van der Waals surface area contributed by atoms with Gasteiger partial charge < -0.3 is 26.1 Å². The first-order valence-corrected chi connectivity index (χ1v) is 10.3. The predicted molar refractivity (Wildman–Crippen MR) is 117 cm³/mol. The van der Waals surface area contributed by atoms with Crippen molar-refractivity contribution in [2.75, 3.05) is 32.1 Å². The number of benzene rings is 1. The molecule has 2 aromatic heterocycles. The second-order valence-electron chi connectivity index (χ2n) is 6.80. The lowest BCUT2D eigenvalue weighted by Crippen LogP contribution is -2.31.